The van der Waals surface area contributed by atoms with Crippen molar-refractivity contribution < 1.29 is 47.9 Å². The molecule has 1 aromatic carbocycles. The first-order chi connectivity index (χ1) is 7.02. The number of nitrogens with zero attached hydrogens (tertiary/aromatic N) is 1. The summed E-state index contributed by atoms with van der Waals surface area (Å²) in [6.07, 6.45) is 0. The van der Waals surface area contributed by atoms with E-state index in [0.29, 0.717) is 0 Å². The Morgan fingerprint density at radius 3 is 2.31 bits per heavy atom. The number of hydrogen-bond acceptors (Lipinski definition) is 4. The van der Waals surface area contributed by atoms with Crippen molar-refractivity contribution in [2.75, 3.05) is 7.05 Å². The number of carbonyl (C=O) groups is 2. The van der Waals surface area contributed by atoms with Crippen LogP contribution in [0.4, 0.5) is 0 Å². The van der Waals surface area contributed by atoms with E-state index >= 15 is 0 Å². The van der Waals surface area contributed by atoms with Gasteiger partial charge in [-0.2, -0.15) is 0 Å². The number of fused-ring (bicyclic) bond motifs is 1. The Balaban J connectivity index is 0.00000128. The van der Waals surface area contributed by atoms with E-state index < -0.39 is 22.9 Å². The maximum Gasteiger partial charge on any atom is 1.00 e. The van der Waals surface area contributed by atoms with E-state index in [9.17, 15) is 18.4 Å². The van der Waals surface area contributed by atoms with Crippen LogP contribution in [0.3, 0.4) is 0 Å². The van der Waals surface area contributed by atoms with Crippen LogP contribution in [0.15, 0.2) is 23.1 Å². The molecule has 2 amide bonds. The van der Waals surface area contributed by atoms with Crippen LogP contribution in [0.2, 0.25) is 0 Å². The van der Waals surface area contributed by atoms with Gasteiger partial charge in [0.05, 0.1) is 11.1 Å². The zero-order valence-corrected chi connectivity index (χ0v) is 11.5. The number of imide groups is 1. The molecule has 0 radical (unpaired) electrons. The summed E-state index contributed by atoms with van der Waals surface area (Å²) < 4.78 is 21.3. The Labute approximate surface area is 116 Å². The van der Waals surface area contributed by atoms with Gasteiger partial charge < -0.3 is 4.55 Å². The van der Waals surface area contributed by atoms with Gasteiger partial charge in [0.25, 0.3) is 11.8 Å². The molecule has 1 aromatic rings. The molecule has 16 heavy (non-hydrogen) atoms. The standard InChI is InChI=1S/C9H7NO4S.Na/c1-10-8(11)6-3-2-5(15(13)14)4-7(6)9(10)12;/h2-4H,1H3,(H,13,14);/q;+1/p-1. The molecule has 0 saturated carbocycles. The van der Waals surface area contributed by atoms with Crippen molar-refractivity contribution >= 4 is 22.9 Å². The zero-order valence-electron chi connectivity index (χ0n) is 8.72. The Kier molecular flexibility index (Phi) is 4.03. The monoisotopic (exact) mass is 247 g/mol. The molecule has 2 rings (SSSR count). The first kappa shape index (κ1) is 13.5. The first-order valence-electron chi connectivity index (χ1n) is 4.08. The Morgan fingerprint density at radius 2 is 1.75 bits per heavy atom. The summed E-state index contributed by atoms with van der Waals surface area (Å²) in [6, 6.07) is 3.86. The average molecular weight is 247 g/mol. The third-order valence-electron chi connectivity index (χ3n) is 2.25. The van der Waals surface area contributed by atoms with E-state index in [1.165, 1.54) is 25.2 Å². The predicted molar refractivity (Wildman–Crippen MR) is 50.1 cm³/mol. The minimum atomic E-state index is -2.39. The maximum atomic E-state index is 11.5. The number of hydrogen-bond donors (Lipinski definition) is 0. The summed E-state index contributed by atoms with van der Waals surface area (Å²) in [6.45, 7) is 0. The van der Waals surface area contributed by atoms with Gasteiger partial charge in [-0.05, 0) is 29.3 Å². The molecule has 7 heteroatoms. The summed E-state index contributed by atoms with van der Waals surface area (Å²) in [7, 11) is 1.36. The van der Waals surface area contributed by atoms with Crippen molar-refractivity contribution in [3.8, 4) is 0 Å². The van der Waals surface area contributed by atoms with E-state index in [4.69, 9.17) is 0 Å². The summed E-state index contributed by atoms with van der Waals surface area (Å²) in [4.78, 5) is 23.9. The fraction of sp³-hybridized carbons (Fsp3) is 0.111. The van der Waals surface area contributed by atoms with Gasteiger partial charge in [0.1, 0.15) is 0 Å². The van der Waals surface area contributed by atoms with Crippen LogP contribution in [0, 0.1) is 0 Å². The summed E-state index contributed by atoms with van der Waals surface area (Å²) >= 11 is -2.39. The third-order valence-corrected chi connectivity index (χ3v) is 2.89. The van der Waals surface area contributed by atoms with Crippen molar-refractivity contribution in [1.29, 1.82) is 0 Å². The van der Waals surface area contributed by atoms with Crippen LogP contribution in [0.1, 0.15) is 20.7 Å². The molecule has 0 fully saturated rings. The maximum absolute atomic E-state index is 11.5. The predicted octanol–water partition coefficient (Wildman–Crippen LogP) is -2.85. The SMILES string of the molecule is CN1C(=O)c2ccc(S(=O)[O-])cc2C1=O.[Na+]. The van der Waals surface area contributed by atoms with Crippen LogP contribution in [0.25, 0.3) is 0 Å². The minimum Gasteiger partial charge on any atom is -0.768 e. The summed E-state index contributed by atoms with van der Waals surface area (Å²) in [5.74, 6) is -0.875. The molecular formula is C9H6NNaO4S. The van der Waals surface area contributed by atoms with Gasteiger partial charge in [0, 0.05) is 11.9 Å². The summed E-state index contributed by atoms with van der Waals surface area (Å²) in [5.41, 5.74) is 0.390. The van der Waals surface area contributed by atoms with E-state index in [-0.39, 0.29) is 45.6 Å². The van der Waals surface area contributed by atoms with Crippen LogP contribution in [0.5, 0.6) is 0 Å². The van der Waals surface area contributed by atoms with E-state index in [0.717, 1.165) is 4.90 Å². The normalized spacial score (nSPS) is 15.8. The van der Waals surface area contributed by atoms with Gasteiger partial charge in [-0.1, -0.05) is 0 Å². The number of rotatable bonds is 1. The fourth-order valence-corrected chi connectivity index (χ4v) is 1.84. The molecule has 1 unspecified atom stereocenters. The van der Waals surface area contributed by atoms with Crippen molar-refractivity contribution in [1.82, 2.24) is 4.90 Å². The molecule has 0 N–H and O–H groups in total. The number of amides is 2. The van der Waals surface area contributed by atoms with Gasteiger partial charge in [-0.3, -0.25) is 18.7 Å². The second-order valence-electron chi connectivity index (χ2n) is 3.11. The topological polar surface area (TPSA) is 77.5 Å². The Morgan fingerprint density at radius 1 is 1.19 bits per heavy atom. The van der Waals surface area contributed by atoms with Crippen LogP contribution < -0.4 is 29.6 Å². The largest absolute Gasteiger partial charge is 1.00 e. The minimum absolute atomic E-state index is 0. The Hall–Kier alpha value is -0.530. The zero-order chi connectivity index (χ0) is 11.2. The van der Waals surface area contributed by atoms with Crippen molar-refractivity contribution in [3.05, 3.63) is 29.3 Å². The molecule has 1 atom stereocenters. The molecule has 1 aliphatic rings. The molecular weight excluding hydrogens is 241 g/mol. The van der Waals surface area contributed by atoms with E-state index in [1.54, 1.807) is 0 Å². The quantitative estimate of drug-likeness (QED) is 0.304. The molecule has 0 spiro atoms. The average Bonchev–Trinajstić information content (AvgIpc) is 2.44. The van der Waals surface area contributed by atoms with Crippen LogP contribution >= 0.6 is 0 Å². The molecule has 0 bridgehead atoms. The smallest absolute Gasteiger partial charge is 0.768 e. The van der Waals surface area contributed by atoms with Gasteiger partial charge in [0.2, 0.25) is 0 Å². The summed E-state index contributed by atoms with van der Waals surface area (Å²) in [5, 5.41) is 0. The molecule has 0 saturated heterocycles. The third kappa shape index (κ3) is 1.99. The van der Waals surface area contributed by atoms with Crippen LogP contribution in [-0.4, -0.2) is 32.5 Å². The molecule has 0 aliphatic carbocycles. The molecule has 1 aliphatic heterocycles. The van der Waals surface area contributed by atoms with Crippen LogP contribution in [-0.2, 0) is 11.1 Å². The second-order valence-corrected chi connectivity index (χ2v) is 4.05. The molecule has 1 heterocycles. The molecule has 5 nitrogen and oxygen atoms in total. The van der Waals surface area contributed by atoms with Gasteiger partial charge >= 0.3 is 29.6 Å². The van der Waals surface area contributed by atoms with Crippen molar-refractivity contribution in [2.45, 2.75) is 4.90 Å². The van der Waals surface area contributed by atoms with Crippen molar-refractivity contribution in [2.24, 2.45) is 0 Å². The second kappa shape index (κ2) is 4.77. The first-order valence-corrected chi connectivity index (χ1v) is 5.15. The number of benzene rings is 1. The molecule has 78 valence electrons. The fourth-order valence-electron chi connectivity index (χ4n) is 1.44. The molecule has 0 aromatic heterocycles. The van der Waals surface area contributed by atoms with Gasteiger partial charge in [0.15, 0.2) is 0 Å². The van der Waals surface area contributed by atoms with Gasteiger partial charge in [-0.15, -0.1) is 0 Å². The van der Waals surface area contributed by atoms with E-state index in [2.05, 4.69) is 0 Å². The van der Waals surface area contributed by atoms with E-state index in [1.807, 2.05) is 0 Å². The van der Waals surface area contributed by atoms with Gasteiger partial charge in [-0.25, -0.2) is 0 Å². The van der Waals surface area contributed by atoms with Crippen molar-refractivity contribution in [3.63, 3.8) is 0 Å². The Bertz CT molecular complexity index is 502. The number of carbonyl (C=O) groups excluding carboxylic acids is 2.